The quantitative estimate of drug-likeness (QED) is 0.271. The van der Waals surface area contributed by atoms with Crippen LogP contribution in [0.5, 0.6) is 5.75 Å². The third-order valence-corrected chi connectivity index (χ3v) is 12.7. The maximum atomic E-state index is 15.0. The number of morpholine rings is 1. The van der Waals surface area contributed by atoms with Crippen LogP contribution in [0.2, 0.25) is 10.0 Å². The van der Waals surface area contributed by atoms with Crippen LogP contribution in [-0.2, 0) is 19.6 Å². The molecule has 290 valence electrons. The van der Waals surface area contributed by atoms with E-state index in [9.17, 15) is 18.0 Å². The molecule has 4 aliphatic rings. The molecule has 3 aromatic carbocycles. The van der Waals surface area contributed by atoms with Gasteiger partial charge in [-0.25, -0.2) is 13.2 Å². The van der Waals surface area contributed by atoms with Crippen molar-refractivity contribution in [3.63, 3.8) is 0 Å². The SMILES string of the molecule is CCOc1cc(S(=O)(=O)N2CCCC2)ccc1C1=N[C@@H](c2ccc(Cl)cc2)[C@@H](c2ccc(Cl)cc2)N1C(=O)N1CCN(CC(=O)N2CCOCC2)CC1.Cl. The summed E-state index contributed by atoms with van der Waals surface area (Å²) in [6.45, 7) is 7.48. The molecule has 0 radical (unpaired) electrons. The van der Waals surface area contributed by atoms with Crippen LogP contribution in [0.1, 0.15) is 48.5 Å². The molecule has 0 unspecified atom stereocenters. The van der Waals surface area contributed by atoms with Crippen molar-refractivity contribution < 1.29 is 27.5 Å². The summed E-state index contributed by atoms with van der Waals surface area (Å²) in [6, 6.07) is 18.3. The van der Waals surface area contributed by atoms with Gasteiger partial charge in [0.15, 0.2) is 0 Å². The summed E-state index contributed by atoms with van der Waals surface area (Å²) >= 11 is 12.7. The van der Waals surface area contributed by atoms with E-state index in [0.717, 1.165) is 24.0 Å². The molecule has 0 spiro atoms. The second kappa shape index (κ2) is 17.6. The zero-order valence-electron chi connectivity index (χ0n) is 30.1. The fourth-order valence-electron chi connectivity index (χ4n) is 7.41. The second-order valence-electron chi connectivity index (χ2n) is 13.6. The summed E-state index contributed by atoms with van der Waals surface area (Å²) in [7, 11) is -3.74. The highest BCUT2D eigenvalue weighted by atomic mass is 35.5. The number of sulfonamides is 1. The molecule has 4 aliphatic heterocycles. The molecule has 3 saturated heterocycles. The zero-order chi connectivity index (χ0) is 37.1. The van der Waals surface area contributed by atoms with Crippen LogP contribution in [0.25, 0.3) is 0 Å². The first-order valence-electron chi connectivity index (χ1n) is 18.2. The first-order chi connectivity index (χ1) is 25.6. The molecule has 3 fully saturated rings. The van der Waals surface area contributed by atoms with E-state index < -0.39 is 22.1 Å². The standard InChI is InChI=1S/C38H44Cl2N6O6S.ClH/c1-2-52-33-25-31(53(49,50)45-15-3-4-16-45)13-14-32(33)37-41-35(27-5-9-29(39)10-6-27)36(28-7-11-30(40)12-8-28)46(37)38(48)44-19-17-42(18-20-44)26-34(47)43-21-23-51-24-22-43;/h5-14,25,35-36H,2-4,15-24,26H2,1H3;1H/t35-,36+;/m0./s1. The first kappa shape index (κ1) is 40.2. The molecular formula is C38H45Cl3N6O6S. The highest BCUT2D eigenvalue weighted by molar-refractivity contribution is 7.89. The van der Waals surface area contributed by atoms with Gasteiger partial charge in [-0.2, -0.15) is 4.31 Å². The Bertz CT molecular complexity index is 1930. The van der Waals surface area contributed by atoms with E-state index in [1.165, 1.54) is 4.31 Å². The van der Waals surface area contributed by atoms with Crippen LogP contribution in [0.4, 0.5) is 4.79 Å². The Hall–Kier alpha value is -3.43. The molecule has 54 heavy (non-hydrogen) atoms. The highest BCUT2D eigenvalue weighted by Gasteiger charge is 2.45. The second-order valence-corrected chi connectivity index (χ2v) is 16.4. The van der Waals surface area contributed by atoms with Gasteiger partial charge < -0.3 is 19.3 Å². The monoisotopic (exact) mass is 818 g/mol. The van der Waals surface area contributed by atoms with Crippen LogP contribution in [-0.4, -0.2) is 129 Å². The minimum Gasteiger partial charge on any atom is -0.493 e. The van der Waals surface area contributed by atoms with Crippen molar-refractivity contribution in [3.8, 4) is 5.75 Å². The third-order valence-electron chi connectivity index (χ3n) is 10.3. The lowest BCUT2D eigenvalue weighted by Gasteiger charge is -2.39. The number of hydrogen-bond acceptors (Lipinski definition) is 8. The van der Waals surface area contributed by atoms with E-state index in [1.807, 2.05) is 36.1 Å². The number of piperazine rings is 1. The Morgan fingerprint density at radius 2 is 1.43 bits per heavy atom. The lowest BCUT2D eigenvalue weighted by atomic mass is 9.93. The molecule has 4 heterocycles. The Kier molecular flexibility index (Phi) is 13.1. The van der Waals surface area contributed by atoms with Gasteiger partial charge in [0.1, 0.15) is 17.6 Å². The van der Waals surface area contributed by atoms with Crippen molar-refractivity contribution in [2.75, 3.05) is 78.7 Å². The van der Waals surface area contributed by atoms with E-state index in [2.05, 4.69) is 4.90 Å². The number of amidine groups is 1. The fourth-order valence-corrected chi connectivity index (χ4v) is 9.19. The molecule has 12 nitrogen and oxygen atoms in total. The number of halogens is 3. The Balaban J connectivity index is 0.00000497. The van der Waals surface area contributed by atoms with Crippen LogP contribution >= 0.6 is 35.6 Å². The number of amides is 3. The van der Waals surface area contributed by atoms with Crippen molar-refractivity contribution in [2.45, 2.75) is 36.7 Å². The normalized spacial score (nSPS) is 21.2. The van der Waals surface area contributed by atoms with E-state index in [0.29, 0.717) is 92.8 Å². The lowest BCUT2D eigenvalue weighted by Crippen LogP contribution is -2.56. The highest BCUT2D eigenvalue weighted by Crippen LogP contribution is 2.46. The number of aliphatic imine (C=N–C) groups is 1. The first-order valence-corrected chi connectivity index (χ1v) is 20.4. The van der Waals surface area contributed by atoms with Gasteiger partial charge in [0.25, 0.3) is 0 Å². The van der Waals surface area contributed by atoms with E-state index in [-0.39, 0.29) is 42.4 Å². The average Bonchev–Trinajstić information content (AvgIpc) is 3.86. The number of carbonyl (C=O) groups is 2. The number of carbonyl (C=O) groups excluding carboxylic acids is 2. The van der Waals surface area contributed by atoms with Gasteiger partial charge in [0.2, 0.25) is 15.9 Å². The largest absolute Gasteiger partial charge is 0.493 e. The number of urea groups is 1. The van der Waals surface area contributed by atoms with Crippen molar-refractivity contribution in [1.82, 2.24) is 23.9 Å². The smallest absolute Gasteiger partial charge is 0.326 e. The third kappa shape index (κ3) is 8.52. The van der Waals surface area contributed by atoms with E-state index >= 15 is 0 Å². The number of nitrogens with zero attached hydrogens (tertiary/aromatic N) is 6. The molecule has 16 heteroatoms. The summed E-state index contributed by atoms with van der Waals surface area (Å²) < 4.78 is 40.3. The van der Waals surface area contributed by atoms with Crippen LogP contribution in [0.3, 0.4) is 0 Å². The van der Waals surface area contributed by atoms with Gasteiger partial charge in [0, 0.05) is 68.5 Å². The van der Waals surface area contributed by atoms with Crippen molar-refractivity contribution in [3.05, 3.63) is 93.5 Å². The molecule has 0 N–H and O–H groups in total. The predicted molar refractivity (Wildman–Crippen MR) is 210 cm³/mol. The zero-order valence-corrected chi connectivity index (χ0v) is 33.3. The van der Waals surface area contributed by atoms with Gasteiger partial charge in [-0.05, 0) is 67.3 Å². The van der Waals surface area contributed by atoms with Crippen LogP contribution in [0, 0.1) is 0 Å². The molecule has 0 aromatic heterocycles. The number of ether oxygens (including phenoxy) is 2. The topological polar surface area (TPSA) is 115 Å². The van der Waals surface area contributed by atoms with Crippen molar-refractivity contribution in [1.29, 1.82) is 0 Å². The maximum absolute atomic E-state index is 15.0. The van der Waals surface area contributed by atoms with Crippen LogP contribution in [0.15, 0.2) is 76.6 Å². The van der Waals surface area contributed by atoms with Crippen molar-refractivity contribution >= 4 is 63.4 Å². The number of rotatable bonds is 9. The molecule has 3 aromatic rings. The number of hydrogen-bond donors (Lipinski definition) is 0. The minimum absolute atomic E-state index is 0. The van der Waals surface area contributed by atoms with Gasteiger partial charge in [-0.15, -0.1) is 12.4 Å². The Morgan fingerprint density at radius 3 is 2.04 bits per heavy atom. The van der Waals surface area contributed by atoms with Crippen LogP contribution < -0.4 is 4.74 Å². The van der Waals surface area contributed by atoms with Gasteiger partial charge in [-0.1, -0.05) is 47.5 Å². The summed E-state index contributed by atoms with van der Waals surface area (Å²) in [4.78, 5) is 40.8. The Labute approximate surface area is 333 Å². The molecule has 2 atom stereocenters. The maximum Gasteiger partial charge on any atom is 0.326 e. The lowest BCUT2D eigenvalue weighted by molar-refractivity contribution is -0.136. The summed E-state index contributed by atoms with van der Waals surface area (Å²) in [5.41, 5.74) is 2.17. The predicted octanol–water partition coefficient (Wildman–Crippen LogP) is 5.74. The van der Waals surface area contributed by atoms with Gasteiger partial charge in [0.05, 0.1) is 42.9 Å². The summed E-state index contributed by atoms with van der Waals surface area (Å²) in [6.07, 6.45) is 1.64. The fraction of sp³-hybridized carbons (Fsp3) is 0.447. The average molecular weight is 820 g/mol. The molecule has 3 amide bonds. The molecule has 0 saturated carbocycles. The number of benzene rings is 3. The van der Waals surface area contributed by atoms with Gasteiger partial charge >= 0.3 is 6.03 Å². The molecule has 0 bridgehead atoms. The van der Waals surface area contributed by atoms with Crippen molar-refractivity contribution in [2.24, 2.45) is 4.99 Å². The van der Waals surface area contributed by atoms with Gasteiger partial charge in [-0.3, -0.25) is 19.6 Å². The summed E-state index contributed by atoms with van der Waals surface area (Å²) in [5, 5.41) is 1.13. The Morgan fingerprint density at radius 1 is 0.815 bits per heavy atom. The van der Waals surface area contributed by atoms with E-state index in [4.69, 9.17) is 37.7 Å². The minimum atomic E-state index is -3.74. The van der Waals surface area contributed by atoms with E-state index in [1.54, 1.807) is 52.3 Å². The summed E-state index contributed by atoms with van der Waals surface area (Å²) in [5.74, 6) is 0.755. The molecule has 0 aliphatic carbocycles. The molecule has 7 rings (SSSR count). The molecular weight excluding hydrogens is 775 g/mol.